The average molecular weight is 433 g/mol. The summed E-state index contributed by atoms with van der Waals surface area (Å²) in [4.78, 5) is 15.6. The Hall–Kier alpha value is -3.18. The van der Waals surface area contributed by atoms with E-state index in [4.69, 9.17) is 4.74 Å². The van der Waals surface area contributed by atoms with Gasteiger partial charge in [0.2, 0.25) is 5.91 Å². The lowest BCUT2D eigenvalue weighted by Gasteiger charge is -2.32. The zero-order valence-corrected chi connectivity index (χ0v) is 18.8. The van der Waals surface area contributed by atoms with Gasteiger partial charge in [-0.1, -0.05) is 54.6 Å². The van der Waals surface area contributed by atoms with Crippen molar-refractivity contribution in [2.75, 3.05) is 13.2 Å². The monoisotopic (exact) mass is 432 g/mol. The van der Waals surface area contributed by atoms with Gasteiger partial charge in [-0.2, -0.15) is 0 Å². The molecule has 1 atom stereocenters. The van der Waals surface area contributed by atoms with E-state index in [-0.39, 0.29) is 17.3 Å². The summed E-state index contributed by atoms with van der Waals surface area (Å²) in [6.45, 7) is 7.55. The molecule has 1 aliphatic rings. The molecule has 1 heterocycles. The fourth-order valence-corrected chi connectivity index (χ4v) is 4.17. The highest BCUT2D eigenvalue weighted by Gasteiger charge is 2.34. The number of halogens is 1. The predicted octanol–water partition coefficient (Wildman–Crippen LogP) is 5.34. The second kappa shape index (κ2) is 9.13. The minimum atomic E-state index is -0.492. The van der Waals surface area contributed by atoms with E-state index in [1.165, 1.54) is 6.07 Å². The van der Waals surface area contributed by atoms with Crippen LogP contribution >= 0.6 is 0 Å². The van der Waals surface area contributed by atoms with Crippen LogP contribution in [0.3, 0.4) is 0 Å². The van der Waals surface area contributed by atoms with Gasteiger partial charge in [0.1, 0.15) is 24.2 Å². The van der Waals surface area contributed by atoms with Gasteiger partial charge in [0, 0.05) is 24.2 Å². The highest BCUT2D eigenvalue weighted by molar-refractivity contribution is 5.84. The van der Waals surface area contributed by atoms with Gasteiger partial charge in [-0.25, -0.2) is 4.39 Å². The minimum Gasteiger partial charge on any atom is -0.492 e. The maximum Gasteiger partial charge on any atom is 0.242 e. The number of hydrogen-bond acceptors (Lipinski definition) is 3. The Morgan fingerprint density at radius 1 is 1.06 bits per heavy atom. The molecule has 32 heavy (non-hydrogen) atoms. The number of rotatable bonds is 4. The number of carbonyl (C=O) groups excluding carboxylic acids is 1. The van der Waals surface area contributed by atoms with Crippen molar-refractivity contribution >= 4 is 5.91 Å². The van der Waals surface area contributed by atoms with Gasteiger partial charge in [0.05, 0.1) is 0 Å². The molecular formula is C27H29FN2O2. The van der Waals surface area contributed by atoms with Crippen molar-refractivity contribution in [3.05, 3.63) is 89.7 Å². The Morgan fingerprint density at radius 2 is 1.81 bits per heavy atom. The van der Waals surface area contributed by atoms with Crippen LogP contribution in [0.4, 0.5) is 4.39 Å². The first-order valence-electron chi connectivity index (χ1n) is 10.9. The molecule has 0 bridgehead atoms. The topological polar surface area (TPSA) is 41.6 Å². The molecule has 1 aliphatic heterocycles. The maximum absolute atomic E-state index is 13.9. The maximum atomic E-state index is 13.9. The van der Waals surface area contributed by atoms with Crippen molar-refractivity contribution in [1.29, 1.82) is 0 Å². The van der Waals surface area contributed by atoms with Crippen LogP contribution in [0, 0.1) is 5.82 Å². The molecule has 0 fully saturated rings. The van der Waals surface area contributed by atoms with Crippen LogP contribution in [0.15, 0.2) is 72.8 Å². The molecule has 166 valence electrons. The summed E-state index contributed by atoms with van der Waals surface area (Å²) < 4.78 is 19.9. The summed E-state index contributed by atoms with van der Waals surface area (Å²) in [6.07, 6.45) is 0. The third-order valence-corrected chi connectivity index (χ3v) is 5.49. The Labute approximate surface area is 189 Å². The van der Waals surface area contributed by atoms with E-state index >= 15 is 0 Å². The Kier molecular flexibility index (Phi) is 6.28. The molecule has 0 saturated heterocycles. The van der Waals surface area contributed by atoms with Gasteiger partial charge in [0.15, 0.2) is 0 Å². The Morgan fingerprint density at radius 3 is 2.59 bits per heavy atom. The summed E-state index contributed by atoms with van der Waals surface area (Å²) >= 11 is 0. The standard InChI is InChI=1S/C27H29FN2O2/c1-27(2,3)29-26(31)25-23-13-6-7-14-24(23)32-16-15-30(25)18-20-9-4-5-12-22(20)19-10-8-11-21(28)17-19/h4-14,17,25H,15-16,18H2,1-3H3,(H,29,31). The van der Waals surface area contributed by atoms with Crippen molar-refractivity contribution in [2.45, 2.75) is 38.9 Å². The van der Waals surface area contributed by atoms with E-state index < -0.39 is 6.04 Å². The van der Waals surface area contributed by atoms with Crippen molar-refractivity contribution < 1.29 is 13.9 Å². The predicted molar refractivity (Wildman–Crippen MR) is 125 cm³/mol. The molecule has 1 N–H and O–H groups in total. The lowest BCUT2D eigenvalue weighted by molar-refractivity contribution is -0.128. The van der Waals surface area contributed by atoms with Gasteiger partial charge < -0.3 is 10.1 Å². The van der Waals surface area contributed by atoms with E-state index in [0.717, 1.165) is 28.0 Å². The fraction of sp³-hybridized carbons (Fsp3) is 0.296. The number of carbonyl (C=O) groups is 1. The molecule has 1 amide bonds. The number of nitrogens with zero attached hydrogens (tertiary/aromatic N) is 1. The van der Waals surface area contributed by atoms with E-state index in [9.17, 15) is 9.18 Å². The molecule has 0 spiro atoms. The molecule has 3 aromatic rings. The summed E-state index contributed by atoms with van der Waals surface area (Å²) in [5.74, 6) is 0.415. The quantitative estimate of drug-likeness (QED) is 0.605. The molecule has 5 heteroatoms. The van der Waals surface area contributed by atoms with Crippen LogP contribution in [0.2, 0.25) is 0 Å². The Bertz CT molecular complexity index is 1110. The van der Waals surface area contributed by atoms with Crippen LogP contribution in [0.5, 0.6) is 5.75 Å². The minimum absolute atomic E-state index is 0.0568. The number of ether oxygens (including phenoxy) is 1. The van der Waals surface area contributed by atoms with Gasteiger partial charge in [-0.15, -0.1) is 0 Å². The number of nitrogens with one attached hydrogen (secondary N) is 1. The van der Waals surface area contributed by atoms with Gasteiger partial charge in [0.25, 0.3) is 0 Å². The fourth-order valence-electron chi connectivity index (χ4n) is 4.17. The van der Waals surface area contributed by atoms with Crippen LogP contribution in [0.1, 0.15) is 37.9 Å². The SMILES string of the molecule is CC(C)(C)NC(=O)C1c2ccccc2OCCN1Cc1ccccc1-c1cccc(F)c1. The molecule has 0 aromatic heterocycles. The Balaban J connectivity index is 1.73. The van der Waals surface area contributed by atoms with E-state index in [2.05, 4.69) is 10.2 Å². The van der Waals surface area contributed by atoms with Crippen molar-refractivity contribution in [3.8, 4) is 16.9 Å². The first-order valence-corrected chi connectivity index (χ1v) is 10.9. The lowest BCUT2D eigenvalue weighted by Crippen LogP contribution is -2.47. The second-order valence-corrected chi connectivity index (χ2v) is 9.17. The number of fused-ring (bicyclic) bond motifs is 1. The lowest BCUT2D eigenvalue weighted by atomic mass is 9.97. The number of para-hydroxylation sites is 1. The van der Waals surface area contributed by atoms with Crippen LogP contribution in [0.25, 0.3) is 11.1 Å². The summed E-state index contributed by atoms with van der Waals surface area (Å²) in [6, 6.07) is 21.8. The van der Waals surface area contributed by atoms with Crippen LogP contribution in [-0.4, -0.2) is 29.5 Å². The third kappa shape index (κ3) is 5.00. The molecule has 3 aromatic carbocycles. The van der Waals surface area contributed by atoms with Crippen LogP contribution in [-0.2, 0) is 11.3 Å². The zero-order chi connectivity index (χ0) is 22.7. The zero-order valence-electron chi connectivity index (χ0n) is 18.8. The molecule has 1 unspecified atom stereocenters. The molecular weight excluding hydrogens is 403 g/mol. The van der Waals surface area contributed by atoms with Crippen LogP contribution < -0.4 is 10.1 Å². The molecule has 4 nitrogen and oxygen atoms in total. The molecule has 0 aliphatic carbocycles. The van der Waals surface area contributed by atoms with Gasteiger partial charge >= 0.3 is 0 Å². The largest absolute Gasteiger partial charge is 0.492 e. The number of amides is 1. The number of benzene rings is 3. The van der Waals surface area contributed by atoms with E-state index in [1.54, 1.807) is 12.1 Å². The number of hydrogen-bond donors (Lipinski definition) is 1. The normalized spacial score (nSPS) is 16.6. The third-order valence-electron chi connectivity index (χ3n) is 5.49. The first kappa shape index (κ1) is 22.0. The summed E-state index contributed by atoms with van der Waals surface area (Å²) in [7, 11) is 0. The molecule has 4 rings (SSSR count). The van der Waals surface area contributed by atoms with Crippen molar-refractivity contribution in [1.82, 2.24) is 10.2 Å². The van der Waals surface area contributed by atoms with E-state index in [0.29, 0.717) is 19.7 Å². The second-order valence-electron chi connectivity index (χ2n) is 9.17. The summed E-state index contributed by atoms with van der Waals surface area (Å²) in [5, 5.41) is 3.14. The smallest absolute Gasteiger partial charge is 0.242 e. The van der Waals surface area contributed by atoms with Gasteiger partial charge in [-0.3, -0.25) is 9.69 Å². The molecule has 0 radical (unpaired) electrons. The van der Waals surface area contributed by atoms with Crippen molar-refractivity contribution in [2.24, 2.45) is 0 Å². The van der Waals surface area contributed by atoms with Gasteiger partial charge in [-0.05, 0) is 55.7 Å². The molecule has 0 saturated carbocycles. The van der Waals surface area contributed by atoms with Crippen molar-refractivity contribution in [3.63, 3.8) is 0 Å². The average Bonchev–Trinajstić information content (AvgIpc) is 2.92. The summed E-state index contributed by atoms with van der Waals surface area (Å²) in [5.41, 5.74) is 3.31. The highest BCUT2D eigenvalue weighted by atomic mass is 19.1. The van der Waals surface area contributed by atoms with E-state index in [1.807, 2.05) is 75.4 Å². The first-order chi connectivity index (χ1) is 15.3. The highest BCUT2D eigenvalue weighted by Crippen LogP contribution is 2.35.